The maximum absolute atomic E-state index is 14.0. The molecule has 0 amide bonds. The quantitative estimate of drug-likeness (QED) is 0.556. The van der Waals surface area contributed by atoms with E-state index in [4.69, 9.17) is 32.7 Å². The predicted octanol–water partition coefficient (Wildman–Crippen LogP) is 4.70. The van der Waals surface area contributed by atoms with Gasteiger partial charge in [-0.1, -0.05) is 37.0 Å². The molecule has 0 saturated heterocycles. The second-order valence-corrected chi connectivity index (χ2v) is 6.26. The molecular formula is C17H16Cl2FNO5. The number of benzene rings is 1. The topological polar surface area (TPSA) is 77.9 Å². The van der Waals surface area contributed by atoms with E-state index in [2.05, 4.69) is 9.72 Å². The number of methoxy groups -OCH3 is 1. The van der Waals surface area contributed by atoms with E-state index in [-0.39, 0.29) is 34.1 Å². The number of halogens is 3. The third-order valence-electron chi connectivity index (χ3n) is 3.36. The molecule has 0 bridgehead atoms. The van der Waals surface area contributed by atoms with Crippen molar-refractivity contribution < 1.29 is 28.5 Å². The zero-order valence-corrected chi connectivity index (χ0v) is 15.7. The molecule has 2 rings (SSSR count). The molecular weight excluding hydrogens is 388 g/mol. The fraction of sp³-hybridized carbons (Fsp3) is 0.294. The van der Waals surface area contributed by atoms with Crippen LogP contribution in [0.3, 0.4) is 0 Å². The Morgan fingerprint density at radius 3 is 2.62 bits per heavy atom. The number of carbonyl (C=O) groups is 1. The van der Waals surface area contributed by atoms with E-state index in [0.717, 1.165) is 0 Å². The minimum absolute atomic E-state index is 0.0256. The highest BCUT2D eigenvalue weighted by molar-refractivity contribution is 6.37. The van der Waals surface area contributed by atoms with Crippen molar-refractivity contribution in [2.75, 3.05) is 13.7 Å². The normalized spacial score (nSPS) is 10.7. The lowest BCUT2D eigenvalue weighted by molar-refractivity contribution is -0.143. The standard InChI is InChI=1S/C17H16Cl2FNO5/c1-8(2)10-6-9(4-5-11(10)22)26-15-13(18)16(20)21-17(14(15)19)25-7-12(23)24-3/h4-6,8,22H,7H2,1-3H3. The summed E-state index contributed by atoms with van der Waals surface area (Å²) in [7, 11) is 1.18. The van der Waals surface area contributed by atoms with E-state index in [9.17, 15) is 14.3 Å². The van der Waals surface area contributed by atoms with Gasteiger partial charge >= 0.3 is 5.97 Å². The molecule has 2 aromatic rings. The maximum atomic E-state index is 14.0. The zero-order chi connectivity index (χ0) is 19.4. The van der Waals surface area contributed by atoms with Crippen molar-refractivity contribution >= 4 is 29.2 Å². The SMILES string of the molecule is COC(=O)COc1nc(F)c(Cl)c(Oc2ccc(O)c(C(C)C)c2)c1Cl. The molecule has 140 valence electrons. The number of nitrogens with zero attached hydrogens (tertiary/aromatic N) is 1. The van der Waals surface area contributed by atoms with Gasteiger partial charge in [-0.3, -0.25) is 0 Å². The summed E-state index contributed by atoms with van der Waals surface area (Å²) in [6.07, 6.45) is 0. The summed E-state index contributed by atoms with van der Waals surface area (Å²) in [5.74, 6) is -1.95. The number of pyridine rings is 1. The van der Waals surface area contributed by atoms with Crippen LogP contribution in [0.15, 0.2) is 18.2 Å². The molecule has 0 fully saturated rings. The van der Waals surface area contributed by atoms with E-state index < -0.39 is 23.5 Å². The van der Waals surface area contributed by atoms with Crippen molar-refractivity contribution in [1.29, 1.82) is 0 Å². The fourth-order valence-electron chi connectivity index (χ4n) is 2.02. The average Bonchev–Trinajstić information content (AvgIpc) is 2.61. The second kappa shape index (κ2) is 8.42. The predicted molar refractivity (Wildman–Crippen MR) is 94.0 cm³/mol. The van der Waals surface area contributed by atoms with Crippen LogP contribution in [0.2, 0.25) is 10.0 Å². The van der Waals surface area contributed by atoms with Gasteiger partial charge in [-0.2, -0.15) is 9.37 Å². The summed E-state index contributed by atoms with van der Waals surface area (Å²) in [6.45, 7) is 3.27. The van der Waals surface area contributed by atoms with Crippen molar-refractivity contribution in [3.8, 4) is 23.1 Å². The van der Waals surface area contributed by atoms with Gasteiger partial charge in [0.25, 0.3) is 0 Å². The number of hydrogen-bond acceptors (Lipinski definition) is 6. The van der Waals surface area contributed by atoms with Crippen molar-refractivity contribution in [3.05, 3.63) is 39.8 Å². The average molecular weight is 404 g/mol. The largest absolute Gasteiger partial charge is 0.508 e. The highest BCUT2D eigenvalue weighted by atomic mass is 35.5. The smallest absolute Gasteiger partial charge is 0.343 e. The first-order valence-electron chi connectivity index (χ1n) is 7.49. The number of phenols is 1. The van der Waals surface area contributed by atoms with Gasteiger partial charge in [0.05, 0.1) is 7.11 Å². The molecule has 1 heterocycles. The van der Waals surface area contributed by atoms with Crippen LogP contribution in [-0.2, 0) is 9.53 Å². The lowest BCUT2D eigenvalue weighted by Crippen LogP contribution is -2.14. The van der Waals surface area contributed by atoms with Gasteiger partial charge in [0.1, 0.15) is 21.5 Å². The van der Waals surface area contributed by atoms with Crippen LogP contribution in [0.1, 0.15) is 25.3 Å². The van der Waals surface area contributed by atoms with Crippen LogP contribution >= 0.6 is 23.2 Å². The summed E-state index contributed by atoms with van der Waals surface area (Å²) in [5.41, 5.74) is 0.631. The summed E-state index contributed by atoms with van der Waals surface area (Å²) < 4.78 is 29.0. The first-order valence-corrected chi connectivity index (χ1v) is 8.25. The van der Waals surface area contributed by atoms with Crippen LogP contribution in [0.25, 0.3) is 0 Å². The third kappa shape index (κ3) is 4.47. The molecule has 0 aliphatic rings. The van der Waals surface area contributed by atoms with Gasteiger partial charge in [-0.05, 0) is 24.1 Å². The molecule has 1 N–H and O–H groups in total. The molecule has 1 aromatic carbocycles. The highest BCUT2D eigenvalue weighted by Gasteiger charge is 2.22. The van der Waals surface area contributed by atoms with Crippen molar-refractivity contribution in [2.24, 2.45) is 0 Å². The third-order valence-corrected chi connectivity index (χ3v) is 4.02. The summed E-state index contributed by atoms with van der Waals surface area (Å²) in [5, 5.41) is 9.22. The van der Waals surface area contributed by atoms with Gasteiger partial charge in [0.15, 0.2) is 12.4 Å². The Bertz CT molecular complexity index is 829. The van der Waals surface area contributed by atoms with E-state index in [1.54, 1.807) is 6.07 Å². The fourth-order valence-corrected chi connectivity index (χ4v) is 2.48. The number of hydrogen-bond donors (Lipinski definition) is 1. The van der Waals surface area contributed by atoms with Crippen molar-refractivity contribution in [3.63, 3.8) is 0 Å². The lowest BCUT2D eigenvalue weighted by Gasteiger charge is -2.15. The van der Waals surface area contributed by atoms with E-state index >= 15 is 0 Å². The Balaban J connectivity index is 2.38. The van der Waals surface area contributed by atoms with Crippen LogP contribution in [0.5, 0.6) is 23.1 Å². The van der Waals surface area contributed by atoms with Crippen LogP contribution < -0.4 is 9.47 Å². The van der Waals surface area contributed by atoms with E-state index in [0.29, 0.717) is 5.56 Å². The number of rotatable bonds is 6. The van der Waals surface area contributed by atoms with Crippen LogP contribution in [0.4, 0.5) is 4.39 Å². The van der Waals surface area contributed by atoms with E-state index in [1.807, 2.05) is 13.8 Å². The maximum Gasteiger partial charge on any atom is 0.343 e. The zero-order valence-electron chi connectivity index (χ0n) is 14.2. The molecule has 0 aliphatic heterocycles. The first-order chi connectivity index (χ1) is 12.2. The van der Waals surface area contributed by atoms with Crippen molar-refractivity contribution in [2.45, 2.75) is 19.8 Å². The summed E-state index contributed by atoms with van der Waals surface area (Å²) in [6, 6.07) is 4.50. The molecule has 26 heavy (non-hydrogen) atoms. The van der Waals surface area contributed by atoms with Gasteiger partial charge in [-0.15, -0.1) is 0 Å². The van der Waals surface area contributed by atoms with Crippen LogP contribution in [0, 0.1) is 5.95 Å². The summed E-state index contributed by atoms with van der Waals surface area (Å²) in [4.78, 5) is 14.6. The first kappa shape index (κ1) is 20.1. The van der Waals surface area contributed by atoms with Gasteiger partial charge < -0.3 is 19.3 Å². The number of ether oxygens (including phenoxy) is 3. The molecule has 0 aliphatic carbocycles. The molecule has 0 atom stereocenters. The van der Waals surface area contributed by atoms with E-state index in [1.165, 1.54) is 19.2 Å². The molecule has 6 nitrogen and oxygen atoms in total. The Morgan fingerprint density at radius 2 is 2.00 bits per heavy atom. The lowest BCUT2D eigenvalue weighted by atomic mass is 10.0. The molecule has 1 aromatic heterocycles. The molecule has 0 unspecified atom stereocenters. The monoisotopic (exact) mass is 403 g/mol. The Labute approximate surface area is 159 Å². The number of phenolic OH excluding ortho intramolecular Hbond substituents is 1. The minimum atomic E-state index is -1.08. The van der Waals surface area contributed by atoms with Gasteiger partial charge in [0, 0.05) is 5.56 Å². The van der Waals surface area contributed by atoms with Crippen molar-refractivity contribution in [1.82, 2.24) is 4.98 Å². The molecule has 9 heteroatoms. The van der Waals surface area contributed by atoms with Gasteiger partial charge in [0.2, 0.25) is 11.8 Å². The van der Waals surface area contributed by atoms with Gasteiger partial charge in [-0.25, -0.2) is 4.79 Å². The van der Waals surface area contributed by atoms with Crippen LogP contribution in [-0.4, -0.2) is 29.8 Å². The minimum Gasteiger partial charge on any atom is -0.508 e. The Kier molecular flexibility index (Phi) is 6.50. The molecule has 0 spiro atoms. The molecule has 0 saturated carbocycles. The number of carbonyl (C=O) groups excluding carboxylic acids is 1. The Morgan fingerprint density at radius 1 is 1.31 bits per heavy atom. The highest BCUT2D eigenvalue weighted by Crippen LogP contribution is 2.43. The number of aromatic nitrogens is 1. The number of esters is 1. The second-order valence-electron chi connectivity index (χ2n) is 5.51. The number of aromatic hydroxyl groups is 1. The molecule has 0 radical (unpaired) electrons. The summed E-state index contributed by atoms with van der Waals surface area (Å²) >= 11 is 12.0. The Hall–Kier alpha value is -2.25.